The fourth-order valence-electron chi connectivity index (χ4n) is 2.88. The first-order chi connectivity index (χ1) is 16.1. The van der Waals surface area contributed by atoms with Gasteiger partial charge in [-0.25, -0.2) is 4.79 Å². The van der Waals surface area contributed by atoms with Crippen LogP contribution in [0.2, 0.25) is 10.0 Å². The van der Waals surface area contributed by atoms with Gasteiger partial charge in [0.05, 0.1) is 28.7 Å². The average Bonchev–Trinajstić information content (AvgIpc) is 3.02. The summed E-state index contributed by atoms with van der Waals surface area (Å²) in [5.74, 6) is -1.86. The predicted octanol–water partition coefficient (Wildman–Crippen LogP) is 5.21. The van der Waals surface area contributed by atoms with Gasteiger partial charge in [0.1, 0.15) is 6.54 Å². The van der Waals surface area contributed by atoms with Gasteiger partial charge in [0.15, 0.2) is 11.5 Å². The lowest BCUT2D eigenvalue weighted by molar-refractivity contribution is -0.149. The Hall–Kier alpha value is -3.01. The van der Waals surface area contributed by atoms with Gasteiger partial charge >= 0.3 is 11.9 Å². The van der Waals surface area contributed by atoms with Crippen LogP contribution in [0.1, 0.15) is 29.8 Å². The van der Waals surface area contributed by atoms with Crippen LogP contribution in [0.25, 0.3) is 6.08 Å². The van der Waals surface area contributed by atoms with Crippen molar-refractivity contribution in [2.45, 2.75) is 20.0 Å². The SMILES string of the molecule is COc1cc(/C=C2\SC(=O)N(CC(=O)OC(C)C)C2=O)cc(Cl)c1OC(=O)c1ccc(Cl)cc1. The Morgan fingerprint density at radius 2 is 1.79 bits per heavy atom. The fourth-order valence-corrected chi connectivity index (χ4v) is 4.10. The van der Waals surface area contributed by atoms with Crippen LogP contribution < -0.4 is 9.47 Å². The number of halogens is 2. The summed E-state index contributed by atoms with van der Waals surface area (Å²) in [5.41, 5.74) is 0.680. The van der Waals surface area contributed by atoms with E-state index in [1.165, 1.54) is 37.5 Å². The second-order valence-corrected chi connectivity index (χ2v) is 9.07. The number of methoxy groups -OCH3 is 1. The molecule has 0 radical (unpaired) electrons. The maximum Gasteiger partial charge on any atom is 0.343 e. The Bertz CT molecular complexity index is 1180. The van der Waals surface area contributed by atoms with Gasteiger partial charge in [0, 0.05) is 5.02 Å². The summed E-state index contributed by atoms with van der Waals surface area (Å²) in [7, 11) is 1.36. The van der Waals surface area contributed by atoms with Crippen molar-refractivity contribution in [2.24, 2.45) is 0 Å². The molecule has 2 aromatic rings. The van der Waals surface area contributed by atoms with E-state index in [1.54, 1.807) is 26.0 Å². The lowest BCUT2D eigenvalue weighted by Gasteiger charge is -2.13. The van der Waals surface area contributed by atoms with E-state index in [0.29, 0.717) is 22.3 Å². The molecule has 8 nitrogen and oxygen atoms in total. The predicted molar refractivity (Wildman–Crippen MR) is 128 cm³/mol. The number of amides is 2. The number of hydrogen-bond acceptors (Lipinski definition) is 8. The molecule has 2 aromatic carbocycles. The summed E-state index contributed by atoms with van der Waals surface area (Å²) in [6, 6.07) is 9.07. The first-order valence-electron chi connectivity index (χ1n) is 9.89. The molecule has 0 aliphatic carbocycles. The lowest BCUT2D eigenvalue weighted by atomic mass is 10.1. The molecular formula is C23H19Cl2NO7S. The molecule has 34 heavy (non-hydrogen) atoms. The summed E-state index contributed by atoms with van der Waals surface area (Å²) < 4.78 is 15.7. The van der Waals surface area contributed by atoms with Crippen LogP contribution in [0.15, 0.2) is 41.3 Å². The number of carbonyl (C=O) groups is 4. The van der Waals surface area contributed by atoms with Crippen LogP contribution in [0.4, 0.5) is 4.79 Å². The van der Waals surface area contributed by atoms with Crippen molar-refractivity contribution >= 4 is 64.1 Å². The molecule has 0 unspecified atom stereocenters. The Morgan fingerprint density at radius 1 is 1.12 bits per heavy atom. The molecule has 1 fully saturated rings. The minimum atomic E-state index is -0.685. The number of rotatable bonds is 7. The average molecular weight is 524 g/mol. The highest BCUT2D eigenvalue weighted by atomic mass is 35.5. The molecule has 0 saturated carbocycles. The van der Waals surface area contributed by atoms with E-state index < -0.39 is 29.6 Å². The number of benzene rings is 2. The molecule has 0 aromatic heterocycles. The summed E-state index contributed by atoms with van der Waals surface area (Å²) in [6.07, 6.45) is 1.06. The molecule has 0 N–H and O–H groups in total. The third kappa shape index (κ3) is 6.11. The molecule has 178 valence electrons. The second kappa shape index (κ2) is 10.9. The zero-order valence-electron chi connectivity index (χ0n) is 18.3. The van der Waals surface area contributed by atoms with Gasteiger partial charge in [0.2, 0.25) is 0 Å². The van der Waals surface area contributed by atoms with Crippen LogP contribution in [0.3, 0.4) is 0 Å². The van der Waals surface area contributed by atoms with Crippen molar-refractivity contribution in [1.29, 1.82) is 0 Å². The topological polar surface area (TPSA) is 99.2 Å². The number of imide groups is 1. The number of nitrogens with zero attached hydrogens (tertiary/aromatic N) is 1. The van der Waals surface area contributed by atoms with Gasteiger partial charge in [-0.15, -0.1) is 0 Å². The summed E-state index contributed by atoms with van der Waals surface area (Å²) in [4.78, 5) is 50.1. The quantitative estimate of drug-likeness (QED) is 0.277. The van der Waals surface area contributed by atoms with Crippen molar-refractivity contribution in [2.75, 3.05) is 13.7 Å². The van der Waals surface area contributed by atoms with Crippen LogP contribution in [0, 0.1) is 0 Å². The third-order valence-electron chi connectivity index (χ3n) is 4.35. The van der Waals surface area contributed by atoms with E-state index in [0.717, 1.165) is 4.90 Å². The molecule has 0 bridgehead atoms. The Balaban J connectivity index is 1.81. The zero-order valence-corrected chi connectivity index (χ0v) is 20.6. The Labute approximate surface area is 209 Å². The van der Waals surface area contributed by atoms with Crippen LogP contribution in [-0.4, -0.2) is 47.7 Å². The van der Waals surface area contributed by atoms with Crippen molar-refractivity contribution < 1.29 is 33.4 Å². The van der Waals surface area contributed by atoms with E-state index in [4.69, 9.17) is 37.4 Å². The highest BCUT2D eigenvalue weighted by Crippen LogP contribution is 2.39. The fraction of sp³-hybridized carbons (Fsp3) is 0.217. The molecule has 3 rings (SSSR count). The van der Waals surface area contributed by atoms with E-state index in [9.17, 15) is 19.2 Å². The molecule has 2 amide bonds. The van der Waals surface area contributed by atoms with Crippen LogP contribution in [0.5, 0.6) is 11.5 Å². The maximum atomic E-state index is 12.6. The first-order valence-corrected chi connectivity index (χ1v) is 11.5. The summed E-state index contributed by atoms with van der Waals surface area (Å²) >= 11 is 12.8. The van der Waals surface area contributed by atoms with Gasteiger partial charge in [-0.1, -0.05) is 23.2 Å². The normalized spacial score (nSPS) is 14.6. The monoisotopic (exact) mass is 523 g/mol. The Kier molecular flexibility index (Phi) is 8.24. The van der Waals surface area contributed by atoms with Crippen LogP contribution in [-0.2, 0) is 14.3 Å². The maximum absolute atomic E-state index is 12.6. The van der Waals surface area contributed by atoms with E-state index >= 15 is 0 Å². The lowest BCUT2D eigenvalue weighted by Crippen LogP contribution is -2.35. The number of hydrogen-bond donors (Lipinski definition) is 0. The van der Waals surface area contributed by atoms with Gasteiger partial charge in [-0.2, -0.15) is 0 Å². The molecule has 11 heteroatoms. The molecule has 1 saturated heterocycles. The van der Waals surface area contributed by atoms with Crippen LogP contribution >= 0.6 is 35.0 Å². The van der Waals surface area contributed by atoms with E-state index in [1.807, 2.05) is 0 Å². The minimum absolute atomic E-state index is 0.00852. The van der Waals surface area contributed by atoms with Gasteiger partial charge in [-0.3, -0.25) is 19.3 Å². The number of thioether (sulfide) groups is 1. The van der Waals surface area contributed by atoms with Crippen molar-refractivity contribution in [1.82, 2.24) is 4.90 Å². The number of esters is 2. The molecule has 1 aliphatic heterocycles. The summed E-state index contributed by atoms with van der Waals surface area (Å²) in [5, 5.41) is -0.0751. The summed E-state index contributed by atoms with van der Waals surface area (Å²) in [6.45, 7) is 2.85. The number of ether oxygens (including phenoxy) is 3. The van der Waals surface area contributed by atoms with Gasteiger partial charge in [-0.05, 0) is 73.6 Å². The van der Waals surface area contributed by atoms with Gasteiger partial charge < -0.3 is 14.2 Å². The molecule has 0 spiro atoms. The van der Waals surface area contributed by atoms with Gasteiger partial charge in [0.25, 0.3) is 11.1 Å². The minimum Gasteiger partial charge on any atom is -0.493 e. The second-order valence-electron chi connectivity index (χ2n) is 7.24. The van der Waals surface area contributed by atoms with Crippen molar-refractivity contribution in [3.05, 3.63) is 62.5 Å². The first kappa shape index (κ1) is 25.6. The smallest absolute Gasteiger partial charge is 0.343 e. The molecule has 1 heterocycles. The molecule has 1 aliphatic rings. The van der Waals surface area contributed by atoms with E-state index in [2.05, 4.69) is 0 Å². The van der Waals surface area contributed by atoms with Crippen molar-refractivity contribution in [3.8, 4) is 11.5 Å². The highest BCUT2D eigenvalue weighted by Gasteiger charge is 2.37. The van der Waals surface area contributed by atoms with Crippen molar-refractivity contribution in [3.63, 3.8) is 0 Å². The zero-order chi connectivity index (χ0) is 25.0. The third-order valence-corrected chi connectivity index (χ3v) is 5.79. The highest BCUT2D eigenvalue weighted by molar-refractivity contribution is 8.18. The number of carbonyl (C=O) groups excluding carboxylic acids is 4. The largest absolute Gasteiger partial charge is 0.493 e. The standard InChI is InChI=1S/C23H19Cl2NO7S/c1-12(2)32-19(27)11-26-21(28)18(34-23(26)30)10-13-8-16(25)20(17(9-13)31-3)33-22(29)14-4-6-15(24)7-5-14/h4-10,12H,11H2,1-3H3/b18-10-. The molecule has 0 atom stereocenters. The molecular weight excluding hydrogens is 505 g/mol. The van der Waals surface area contributed by atoms with E-state index in [-0.39, 0.29) is 33.1 Å². The Morgan fingerprint density at radius 3 is 2.41 bits per heavy atom.